The number of hydrogen-bond donors (Lipinski definition) is 1. The first-order valence-electron chi connectivity index (χ1n) is 7.25. The first kappa shape index (κ1) is 17.0. The third-order valence-electron chi connectivity index (χ3n) is 3.28. The Hall–Kier alpha value is -2.40. The van der Waals surface area contributed by atoms with Crippen LogP contribution in [-0.2, 0) is 11.3 Å². The van der Waals surface area contributed by atoms with Crippen molar-refractivity contribution in [2.45, 2.75) is 13.5 Å². The van der Waals surface area contributed by atoms with Crippen LogP contribution in [0.1, 0.15) is 23.0 Å². The van der Waals surface area contributed by atoms with Crippen LogP contribution in [0.4, 0.5) is 0 Å². The molecule has 0 spiro atoms. The second kappa shape index (κ2) is 8.29. The van der Waals surface area contributed by atoms with E-state index >= 15 is 0 Å². The van der Waals surface area contributed by atoms with E-state index in [-0.39, 0.29) is 11.8 Å². The molecule has 0 atom stereocenters. The largest absolute Gasteiger partial charge is 0.350 e. The summed E-state index contributed by atoms with van der Waals surface area (Å²) in [5.74, 6) is -0.276. The lowest BCUT2D eigenvalue weighted by Crippen LogP contribution is -2.37. The number of halogens is 1. The van der Waals surface area contributed by atoms with Gasteiger partial charge in [0.05, 0.1) is 12.2 Å². The molecule has 0 aliphatic heterocycles. The van der Waals surface area contributed by atoms with Crippen LogP contribution in [0.5, 0.6) is 0 Å². The van der Waals surface area contributed by atoms with Crippen molar-refractivity contribution in [3.8, 4) is 0 Å². The topological polar surface area (TPSA) is 62.3 Å². The van der Waals surface area contributed by atoms with E-state index < -0.39 is 0 Å². The normalized spacial score (nSPS) is 10.2. The molecule has 0 saturated carbocycles. The smallest absolute Gasteiger partial charge is 0.251 e. The highest BCUT2D eigenvalue weighted by molar-refractivity contribution is 6.30. The molecule has 0 unspecified atom stereocenters. The number of rotatable bonds is 6. The quantitative estimate of drug-likeness (QED) is 0.884. The number of aromatic nitrogens is 1. The zero-order chi connectivity index (χ0) is 16.7. The van der Waals surface area contributed by atoms with E-state index in [1.54, 1.807) is 35.4 Å². The Morgan fingerprint density at radius 3 is 2.70 bits per heavy atom. The highest BCUT2D eigenvalue weighted by atomic mass is 35.5. The molecule has 0 fully saturated rings. The molecule has 1 aromatic carbocycles. The number of nitrogens with one attached hydrogen (secondary N) is 1. The number of benzene rings is 1. The van der Waals surface area contributed by atoms with Crippen LogP contribution in [0.3, 0.4) is 0 Å². The highest BCUT2D eigenvalue weighted by Crippen LogP contribution is 2.10. The second-order valence-corrected chi connectivity index (χ2v) is 5.46. The minimum absolute atomic E-state index is 0.0624. The molecule has 0 radical (unpaired) electrons. The van der Waals surface area contributed by atoms with Gasteiger partial charge in [-0.2, -0.15) is 0 Å². The lowest BCUT2D eigenvalue weighted by Gasteiger charge is -2.20. The molecule has 0 bridgehead atoms. The van der Waals surface area contributed by atoms with Crippen molar-refractivity contribution < 1.29 is 9.59 Å². The molecule has 5 nitrogen and oxygen atoms in total. The summed E-state index contributed by atoms with van der Waals surface area (Å²) in [4.78, 5) is 29.6. The molecular weight excluding hydrogens is 314 g/mol. The summed E-state index contributed by atoms with van der Waals surface area (Å²) in [7, 11) is 0. The first-order valence-corrected chi connectivity index (χ1v) is 7.63. The maximum Gasteiger partial charge on any atom is 0.251 e. The monoisotopic (exact) mass is 331 g/mol. The van der Waals surface area contributed by atoms with Crippen LogP contribution in [0.15, 0.2) is 48.7 Å². The van der Waals surface area contributed by atoms with Gasteiger partial charge in [-0.3, -0.25) is 14.6 Å². The Morgan fingerprint density at radius 1 is 1.22 bits per heavy atom. The van der Waals surface area contributed by atoms with Crippen LogP contribution >= 0.6 is 11.6 Å². The average Bonchev–Trinajstić information content (AvgIpc) is 2.54. The van der Waals surface area contributed by atoms with Gasteiger partial charge in [0.25, 0.3) is 5.91 Å². The molecule has 0 aliphatic carbocycles. The van der Waals surface area contributed by atoms with E-state index in [0.29, 0.717) is 30.2 Å². The van der Waals surface area contributed by atoms with Gasteiger partial charge in [-0.05, 0) is 30.3 Å². The molecule has 6 heteroatoms. The Kier molecular flexibility index (Phi) is 6.11. The standard InChI is InChI=1S/C17H18ClN3O2/c1-13(22)21(12-16-7-2-3-8-19-16)10-9-20-17(23)14-5-4-6-15(18)11-14/h2-8,11H,9-10,12H2,1H3,(H,20,23). The van der Waals surface area contributed by atoms with Crippen LogP contribution in [0, 0.1) is 0 Å². The van der Waals surface area contributed by atoms with Gasteiger partial charge in [0.1, 0.15) is 0 Å². The van der Waals surface area contributed by atoms with Crippen molar-refractivity contribution in [3.05, 3.63) is 64.9 Å². The maximum atomic E-state index is 12.0. The van der Waals surface area contributed by atoms with Crippen molar-refractivity contribution >= 4 is 23.4 Å². The van der Waals surface area contributed by atoms with Gasteiger partial charge in [-0.15, -0.1) is 0 Å². The van der Waals surface area contributed by atoms with Crippen LogP contribution < -0.4 is 5.32 Å². The summed E-state index contributed by atoms with van der Waals surface area (Å²) < 4.78 is 0. The Bertz CT molecular complexity index is 677. The lowest BCUT2D eigenvalue weighted by molar-refractivity contribution is -0.129. The summed E-state index contributed by atoms with van der Waals surface area (Å²) in [6, 6.07) is 12.3. The minimum Gasteiger partial charge on any atom is -0.350 e. The fourth-order valence-corrected chi connectivity index (χ4v) is 2.26. The molecule has 1 heterocycles. The summed E-state index contributed by atoms with van der Waals surface area (Å²) in [6.45, 7) is 2.70. The van der Waals surface area contributed by atoms with Gasteiger partial charge in [-0.25, -0.2) is 0 Å². The molecule has 2 amide bonds. The third kappa shape index (κ3) is 5.38. The molecule has 1 N–H and O–H groups in total. The van der Waals surface area contributed by atoms with Crippen LogP contribution in [-0.4, -0.2) is 34.8 Å². The molecule has 23 heavy (non-hydrogen) atoms. The zero-order valence-corrected chi connectivity index (χ0v) is 13.6. The van der Waals surface area contributed by atoms with Crippen molar-refractivity contribution in [3.63, 3.8) is 0 Å². The van der Waals surface area contributed by atoms with Gasteiger partial charge < -0.3 is 10.2 Å². The summed E-state index contributed by atoms with van der Waals surface area (Å²) in [6.07, 6.45) is 1.69. The van der Waals surface area contributed by atoms with E-state index in [1.807, 2.05) is 18.2 Å². The third-order valence-corrected chi connectivity index (χ3v) is 3.51. The number of nitrogens with zero attached hydrogens (tertiary/aromatic N) is 2. The van der Waals surface area contributed by atoms with E-state index in [1.165, 1.54) is 6.92 Å². The average molecular weight is 332 g/mol. The Morgan fingerprint density at radius 2 is 2.04 bits per heavy atom. The predicted octanol–water partition coefficient (Wildman–Crippen LogP) is 2.51. The molecule has 2 rings (SSSR count). The molecule has 120 valence electrons. The number of carbonyl (C=O) groups excluding carboxylic acids is 2. The van der Waals surface area contributed by atoms with Crippen molar-refractivity contribution in [1.82, 2.24) is 15.2 Å². The number of hydrogen-bond acceptors (Lipinski definition) is 3. The fraction of sp³-hybridized carbons (Fsp3) is 0.235. The van der Waals surface area contributed by atoms with Gasteiger partial charge in [0, 0.05) is 36.8 Å². The molecule has 0 saturated heterocycles. The van der Waals surface area contributed by atoms with Gasteiger partial charge >= 0.3 is 0 Å². The molecule has 0 aliphatic rings. The maximum absolute atomic E-state index is 12.0. The highest BCUT2D eigenvalue weighted by Gasteiger charge is 2.11. The van der Waals surface area contributed by atoms with Crippen molar-refractivity contribution in [2.75, 3.05) is 13.1 Å². The summed E-state index contributed by atoms with van der Waals surface area (Å²) in [5.41, 5.74) is 1.31. The van der Waals surface area contributed by atoms with Gasteiger partial charge in [-0.1, -0.05) is 23.7 Å². The first-order chi connectivity index (χ1) is 11.1. The summed E-state index contributed by atoms with van der Waals surface area (Å²) >= 11 is 5.87. The van der Waals surface area contributed by atoms with E-state index in [9.17, 15) is 9.59 Å². The van der Waals surface area contributed by atoms with Crippen molar-refractivity contribution in [1.29, 1.82) is 0 Å². The SMILES string of the molecule is CC(=O)N(CCNC(=O)c1cccc(Cl)c1)Cc1ccccn1. The second-order valence-electron chi connectivity index (χ2n) is 5.03. The predicted molar refractivity (Wildman–Crippen MR) is 89.1 cm³/mol. The molecule has 2 aromatic rings. The van der Waals surface area contributed by atoms with E-state index in [0.717, 1.165) is 5.69 Å². The summed E-state index contributed by atoms with van der Waals surface area (Å²) in [5, 5.41) is 3.30. The van der Waals surface area contributed by atoms with Gasteiger partial charge in [0.15, 0.2) is 0 Å². The lowest BCUT2D eigenvalue weighted by atomic mass is 10.2. The zero-order valence-electron chi connectivity index (χ0n) is 12.8. The number of carbonyl (C=O) groups is 2. The Balaban J connectivity index is 1.87. The van der Waals surface area contributed by atoms with Crippen LogP contribution in [0.25, 0.3) is 0 Å². The minimum atomic E-state index is -0.214. The van der Waals surface area contributed by atoms with E-state index in [2.05, 4.69) is 10.3 Å². The number of pyridine rings is 1. The fourth-order valence-electron chi connectivity index (χ4n) is 2.07. The number of amides is 2. The van der Waals surface area contributed by atoms with Crippen LogP contribution in [0.2, 0.25) is 5.02 Å². The molecule has 1 aromatic heterocycles. The van der Waals surface area contributed by atoms with E-state index in [4.69, 9.17) is 11.6 Å². The molecular formula is C17H18ClN3O2. The Labute approximate surface area is 140 Å². The van der Waals surface area contributed by atoms with Gasteiger partial charge in [0.2, 0.25) is 5.91 Å². The van der Waals surface area contributed by atoms with Crippen molar-refractivity contribution in [2.24, 2.45) is 0 Å².